The van der Waals surface area contributed by atoms with Crippen LogP contribution in [0.2, 0.25) is 5.02 Å². The first kappa shape index (κ1) is 32.0. The summed E-state index contributed by atoms with van der Waals surface area (Å²) in [6.45, 7) is 8.16. The van der Waals surface area contributed by atoms with Crippen molar-refractivity contribution in [3.63, 3.8) is 0 Å². The number of carbonyl (C=O) groups is 2. The normalized spacial score (nSPS) is 11.9. The van der Waals surface area contributed by atoms with Gasteiger partial charge in [-0.1, -0.05) is 55.3 Å². The SMILES string of the molecule is CCCNC(=O)[C@H](CC)N(Cc1cccc(C)c1)C(=O)CN(c1ccc(OCC)cc1)S(=O)(=O)c1ccc(Cl)cc1. The molecule has 8 nitrogen and oxygen atoms in total. The summed E-state index contributed by atoms with van der Waals surface area (Å²) >= 11 is 6.02. The molecule has 0 spiro atoms. The van der Waals surface area contributed by atoms with Crippen LogP contribution in [0.5, 0.6) is 5.75 Å². The highest BCUT2D eigenvalue weighted by Crippen LogP contribution is 2.27. The Labute approximate surface area is 248 Å². The topological polar surface area (TPSA) is 96.0 Å². The average molecular weight is 600 g/mol. The molecule has 3 aromatic carbocycles. The Kier molecular flexibility index (Phi) is 11.6. The number of carbonyl (C=O) groups excluding carboxylic acids is 2. The Morgan fingerprint density at radius 1 is 0.976 bits per heavy atom. The molecule has 0 saturated carbocycles. The number of sulfonamides is 1. The number of amides is 2. The Balaban J connectivity index is 2.05. The Hall–Kier alpha value is -3.56. The lowest BCUT2D eigenvalue weighted by Gasteiger charge is -2.33. The molecule has 1 N–H and O–H groups in total. The van der Waals surface area contributed by atoms with Gasteiger partial charge < -0.3 is 15.0 Å². The molecule has 1 atom stereocenters. The van der Waals surface area contributed by atoms with Crippen LogP contribution >= 0.6 is 11.6 Å². The minimum atomic E-state index is -4.19. The van der Waals surface area contributed by atoms with E-state index in [-0.39, 0.29) is 23.0 Å². The predicted molar refractivity (Wildman–Crippen MR) is 163 cm³/mol. The van der Waals surface area contributed by atoms with Gasteiger partial charge in [-0.05, 0) is 80.8 Å². The first-order valence-electron chi connectivity index (χ1n) is 13.7. The molecular weight excluding hydrogens is 562 g/mol. The maximum Gasteiger partial charge on any atom is 0.264 e. The van der Waals surface area contributed by atoms with Crippen LogP contribution in [0.15, 0.2) is 77.7 Å². The van der Waals surface area contributed by atoms with Crippen molar-refractivity contribution < 1.29 is 22.7 Å². The zero-order valence-corrected chi connectivity index (χ0v) is 25.5. The fourth-order valence-electron chi connectivity index (χ4n) is 4.43. The van der Waals surface area contributed by atoms with E-state index in [1.807, 2.05) is 52.0 Å². The first-order chi connectivity index (χ1) is 19.6. The Bertz CT molecular complexity index is 1410. The highest BCUT2D eigenvalue weighted by molar-refractivity contribution is 7.92. The highest BCUT2D eigenvalue weighted by Gasteiger charge is 2.33. The van der Waals surface area contributed by atoms with Crippen molar-refractivity contribution in [3.8, 4) is 5.75 Å². The minimum Gasteiger partial charge on any atom is -0.494 e. The van der Waals surface area contributed by atoms with Crippen molar-refractivity contribution >= 4 is 39.1 Å². The van der Waals surface area contributed by atoms with Gasteiger partial charge in [-0.3, -0.25) is 13.9 Å². The molecule has 0 fully saturated rings. The van der Waals surface area contributed by atoms with E-state index in [0.29, 0.717) is 30.3 Å². The summed E-state index contributed by atoms with van der Waals surface area (Å²) in [7, 11) is -4.19. The predicted octanol–water partition coefficient (Wildman–Crippen LogP) is 5.58. The molecular formula is C31H38ClN3O5S. The number of hydrogen-bond acceptors (Lipinski definition) is 5. The van der Waals surface area contributed by atoms with E-state index in [1.165, 1.54) is 29.2 Å². The summed E-state index contributed by atoms with van der Waals surface area (Å²) in [4.78, 5) is 28.7. The van der Waals surface area contributed by atoms with Gasteiger partial charge in [0.05, 0.1) is 17.2 Å². The molecule has 0 saturated heterocycles. The van der Waals surface area contributed by atoms with Crippen LogP contribution in [0.25, 0.3) is 0 Å². The zero-order chi connectivity index (χ0) is 30.0. The summed E-state index contributed by atoms with van der Waals surface area (Å²) in [6, 6.07) is 19.2. The van der Waals surface area contributed by atoms with Crippen molar-refractivity contribution in [2.45, 2.75) is 58.0 Å². The van der Waals surface area contributed by atoms with Gasteiger partial charge in [0.1, 0.15) is 18.3 Å². The lowest BCUT2D eigenvalue weighted by Crippen LogP contribution is -2.52. The molecule has 0 aliphatic carbocycles. The number of anilines is 1. The van der Waals surface area contributed by atoms with Gasteiger partial charge in [0, 0.05) is 18.1 Å². The first-order valence-corrected chi connectivity index (χ1v) is 15.6. The van der Waals surface area contributed by atoms with Crippen molar-refractivity contribution in [3.05, 3.63) is 88.9 Å². The largest absolute Gasteiger partial charge is 0.494 e. The maximum absolute atomic E-state index is 14.1. The molecule has 3 rings (SSSR count). The van der Waals surface area contributed by atoms with Gasteiger partial charge in [0.25, 0.3) is 10.0 Å². The van der Waals surface area contributed by atoms with Crippen LogP contribution in [0, 0.1) is 6.92 Å². The Morgan fingerprint density at radius 3 is 2.24 bits per heavy atom. The third-order valence-electron chi connectivity index (χ3n) is 6.49. The van der Waals surface area contributed by atoms with Gasteiger partial charge in [0.2, 0.25) is 11.8 Å². The van der Waals surface area contributed by atoms with E-state index in [2.05, 4.69) is 5.32 Å². The van der Waals surface area contributed by atoms with Crippen molar-refractivity contribution in [2.75, 3.05) is 24.0 Å². The number of hydrogen-bond donors (Lipinski definition) is 1. The van der Waals surface area contributed by atoms with Crippen LogP contribution in [0.1, 0.15) is 44.7 Å². The lowest BCUT2D eigenvalue weighted by molar-refractivity contribution is -0.140. The molecule has 0 aliphatic heterocycles. The average Bonchev–Trinajstić information content (AvgIpc) is 2.95. The number of halogens is 1. The van der Waals surface area contributed by atoms with Crippen LogP contribution < -0.4 is 14.4 Å². The molecule has 0 unspecified atom stereocenters. The maximum atomic E-state index is 14.1. The fourth-order valence-corrected chi connectivity index (χ4v) is 5.97. The molecule has 0 aromatic heterocycles. The van der Waals surface area contributed by atoms with Crippen molar-refractivity contribution in [1.29, 1.82) is 0 Å². The summed E-state index contributed by atoms with van der Waals surface area (Å²) in [5.74, 6) is -0.203. The summed E-state index contributed by atoms with van der Waals surface area (Å²) in [5, 5.41) is 3.28. The number of benzene rings is 3. The van der Waals surface area contributed by atoms with E-state index in [9.17, 15) is 18.0 Å². The summed E-state index contributed by atoms with van der Waals surface area (Å²) in [5.41, 5.74) is 2.14. The van der Waals surface area contributed by atoms with Crippen LogP contribution in [0.3, 0.4) is 0 Å². The van der Waals surface area contributed by atoms with Gasteiger partial charge in [-0.15, -0.1) is 0 Å². The van der Waals surface area contributed by atoms with E-state index < -0.39 is 28.5 Å². The molecule has 0 bridgehead atoms. The third-order valence-corrected chi connectivity index (χ3v) is 8.53. The summed E-state index contributed by atoms with van der Waals surface area (Å²) in [6.07, 6.45) is 1.11. The van der Waals surface area contributed by atoms with E-state index in [1.54, 1.807) is 24.3 Å². The van der Waals surface area contributed by atoms with Gasteiger partial charge in [-0.25, -0.2) is 8.42 Å². The van der Waals surface area contributed by atoms with Gasteiger partial charge >= 0.3 is 0 Å². The lowest BCUT2D eigenvalue weighted by atomic mass is 10.1. The fraction of sp³-hybridized carbons (Fsp3) is 0.355. The number of ether oxygens (including phenoxy) is 1. The van der Waals surface area contributed by atoms with E-state index in [0.717, 1.165) is 21.9 Å². The van der Waals surface area contributed by atoms with Crippen LogP contribution in [-0.2, 0) is 26.2 Å². The third kappa shape index (κ3) is 8.47. The minimum absolute atomic E-state index is 0.0125. The van der Waals surface area contributed by atoms with Crippen molar-refractivity contribution in [1.82, 2.24) is 10.2 Å². The van der Waals surface area contributed by atoms with Crippen LogP contribution in [-0.4, -0.2) is 50.9 Å². The van der Waals surface area contributed by atoms with Gasteiger partial charge in [0.15, 0.2) is 0 Å². The number of nitrogens with one attached hydrogen (secondary N) is 1. The van der Waals surface area contributed by atoms with Crippen LogP contribution in [0.4, 0.5) is 5.69 Å². The smallest absolute Gasteiger partial charge is 0.264 e. The molecule has 0 radical (unpaired) electrons. The molecule has 0 heterocycles. The summed E-state index contributed by atoms with van der Waals surface area (Å²) < 4.78 is 34.4. The standard InChI is InChI=1S/C31H38ClN3O5S/c1-5-19-33-31(37)29(6-2)34(21-24-10-8-9-23(4)20-24)30(36)22-35(26-13-15-27(16-14-26)40-7-3)41(38,39)28-17-11-25(32)12-18-28/h8-18,20,29H,5-7,19,21-22H2,1-4H3,(H,33,37)/t29-/m0/s1. The Morgan fingerprint density at radius 2 is 1.66 bits per heavy atom. The molecule has 2 amide bonds. The number of nitrogens with zero attached hydrogens (tertiary/aromatic N) is 2. The monoisotopic (exact) mass is 599 g/mol. The molecule has 3 aromatic rings. The quantitative estimate of drug-likeness (QED) is 0.261. The van der Waals surface area contributed by atoms with E-state index >= 15 is 0 Å². The highest BCUT2D eigenvalue weighted by atomic mass is 35.5. The molecule has 0 aliphatic rings. The number of rotatable bonds is 14. The van der Waals surface area contributed by atoms with E-state index in [4.69, 9.17) is 16.3 Å². The zero-order valence-electron chi connectivity index (χ0n) is 24.0. The molecule has 10 heteroatoms. The number of aryl methyl sites for hydroxylation is 1. The van der Waals surface area contributed by atoms with Gasteiger partial charge in [-0.2, -0.15) is 0 Å². The second kappa shape index (κ2) is 14.9. The second-order valence-corrected chi connectivity index (χ2v) is 11.9. The second-order valence-electron chi connectivity index (χ2n) is 9.62. The van der Waals surface area contributed by atoms with Crippen molar-refractivity contribution in [2.24, 2.45) is 0 Å². The molecule has 41 heavy (non-hydrogen) atoms. The molecule has 220 valence electrons.